The first-order valence-corrected chi connectivity index (χ1v) is 11.2. The van der Waals surface area contributed by atoms with E-state index in [1.54, 1.807) is 4.90 Å². The molecule has 2 amide bonds. The Morgan fingerprint density at radius 1 is 1.09 bits per heavy atom. The fourth-order valence-corrected chi connectivity index (χ4v) is 4.12. The highest BCUT2D eigenvalue weighted by Crippen LogP contribution is 2.26. The molecule has 7 nitrogen and oxygen atoms in total. The quantitative estimate of drug-likeness (QED) is 0.540. The van der Waals surface area contributed by atoms with Crippen LogP contribution in [0.1, 0.15) is 32.0 Å². The van der Waals surface area contributed by atoms with Crippen molar-refractivity contribution in [1.29, 1.82) is 0 Å². The van der Waals surface area contributed by atoms with Crippen LogP contribution in [0.2, 0.25) is 0 Å². The van der Waals surface area contributed by atoms with Crippen molar-refractivity contribution in [2.45, 2.75) is 39.8 Å². The second kappa shape index (κ2) is 9.48. The molecule has 1 fully saturated rings. The molecule has 1 saturated heterocycles. The Bertz CT molecular complexity index is 1160. The van der Waals surface area contributed by atoms with E-state index in [1.807, 2.05) is 42.5 Å². The summed E-state index contributed by atoms with van der Waals surface area (Å²) in [5, 5.41) is 10.3. The van der Waals surface area contributed by atoms with E-state index in [4.69, 9.17) is 9.72 Å². The number of carbonyl (C=O) groups is 2. The number of rotatable bonds is 8. The Balaban J connectivity index is 1.47. The summed E-state index contributed by atoms with van der Waals surface area (Å²) in [7, 11) is 0. The number of amides is 2. The molecular formula is C26H29N3O4. The van der Waals surface area contributed by atoms with Gasteiger partial charge in [-0.1, -0.05) is 32.0 Å². The van der Waals surface area contributed by atoms with E-state index in [1.165, 1.54) is 11.8 Å². The highest BCUT2D eigenvalue weighted by molar-refractivity contribution is 5.96. The number of benzene rings is 2. The van der Waals surface area contributed by atoms with Gasteiger partial charge in [0.2, 0.25) is 0 Å². The van der Waals surface area contributed by atoms with Gasteiger partial charge >= 0.3 is 12.0 Å². The van der Waals surface area contributed by atoms with Crippen molar-refractivity contribution in [3.63, 3.8) is 0 Å². The minimum absolute atomic E-state index is 0.292. The minimum Gasteiger partial charge on any atom is -0.489 e. The van der Waals surface area contributed by atoms with Gasteiger partial charge in [-0.05, 0) is 55.7 Å². The average Bonchev–Trinajstić information content (AvgIpc) is 3.17. The first kappa shape index (κ1) is 22.6. The second-order valence-electron chi connectivity index (χ2n) is 8.81. The maximum atomic E-state index is 12.6. The molecule has 2 heterocycles. The van der Waals surface area contributed by atoms with Crippen LogP contribution in [0.3, 0.4) is 0 Å². The first-order valence-electron chi connectivity index (χ1n) is 11.2. The van der Waals surface area contributed by atoms with Crippen molar-refractivity contribution >= 4 is 28.6 Å². The van der Waals surface area contributed by atoms with Crippen molar-refractivity contribution in [3.05, 3.63) is 65.9 Å². The topological polar surface area (TPSA) is 83.0 Å². The van der Waals surface area contributed by atoms with E-state index < -0.39 is 12.0 Å². The van der Waals surface area contributed by atoms with Gasteiger partial charge in [0.15, 0.2) is 0 Å². The summed E-state index contributed by atoms with van der Waals surface area (Å²) < 4.78 is 6.08. The molecular weight excluding hydrogens is 418 g/mol. The molecule has 1 atom stereocenters. The fraction of sp³-hybridized carbons (Fsp3) is 0.346. The number of hydrogen-bond acceptors (Lipinski definition) is 4. The largest absolute Gasteiger partial charge is 0.489 e. The van der Waals surface area contributed by atoms with Crippen molar-refractivity contribution in [3.8, 4) is 5.75 Å². The van der Waals surface area contributed by atoms with Crippen molar-refractivity contribution in [2.24, 2.45) is 5.92 Å². The maximum Gasteiger partial charge on any atom is 0.326 e. The van der Waals surface area contributed by atoms with Crippen LogP contribution in [0.4, 0.5) is 10.5 Å². The number of carboxylic acids is 1. The van der Waals surface area contributed by atoms with Gasteiger partial charge in [0.25, 0.3) is 0 Å². The first-order chi connectivity index (χ1) is 15.8. The molecule has 0 saturated carbocycles. The Morgan fingerprint density at radius 3 is 2.52 bits per heavy atom. The predicted octanol–water partition coefficient (Wildman–Crippen LogP) is 4.73. The zero-order valence-corrected chi connectivity index (χ0v) is 19.2. The standard InChI is InChI=1S/C26H29N3O4/c1-17(2)14-20-15-19(23-6-4-5-7-24(23)27-20)16-33-22-10-8-21(9-11-22)29-13-12-28(26(29)32)18(3)25(30)31/h4-11,15,17-18H,12-14,16H2,1-3H3,(H,30,31). The molecule has 172 valence electrons. The lowest BCUT2D eigenvalue weighted by Crippen LogP contribution is -2.42. The number of aliphatic carboxylic acids is 1. The molecule has 1 aliphatic rings. The Labute approximate surface area is 193 Å². The van der Waals surface area contributed by atoms with Crippen LogP contribution in [-0.4, -0.2) is 46.1 Å². The van der Waals surface area contributed by atoms with Gasteiger partial charge in [-0.25, -0.2) is 9.59 Å². The zero-order chi connectivity index (χ0) is 23.5. The van der Waals surface area contributed by atoms with Crippen molar-refractivity contribution in [2.75, 3.05) is 18.0 Å². The molecule has 1 N–H and O–H groups in total. The third-order valence-corrected chi connectivity index (χ3v) is 5.88. The fourth-order valence-electron chi connectivity index (χ4n) is 4.12. The molecule has 1 aliphatic heterocycles. The molecule has 0 radical (unpaired) electrons. The summed E-state index contributed by atoms with van der Waals surface area (Å²) >= 11 is 0. The summed E-state index contributed by atoms with van der Waals surface area (Å²) in [6, 6.07) is 16.4. The van der Waals surface area contributed by atoms with E-state index in [0.717, 1.165) is 34.3 Å². The SMILES string of the molecule is CC(C)Cc1cc(COc2ccc(N3CCN(C(C)C(=O)O)C3=O)cc2)c2ccccc2n1. The number of anilines is 1. The summed E-state index contributed by atoms with van der Waals surface area (Å²) in [6.45, 7) is 7.15. The summed E-state index contributed by atoms with van der Waals surface area (Å²) in [4.78, 5) is 31.6. The van der Waals surface area contributed by atoms with Gasteiger partial charge in [0.1, 0.15) is 18.4 Å². The molecule has 7 heteroatoms. The number of aromatic nitrogens is 1. The number of hydrogen-bond donors (Lipinski definition) is 1. The lowest BCUT2D eigenvalue weighted by molar-refractivity contribution is -0.141. The van der Waals surface area contributed by atoms with Crippen LogP contribution in [0.25, 0.3) is 10.9 Å². The third-order valence-electron chi connectivity index (χ3n) is 5.88. The molecule has 0 aliphatic carbocycles. The minimum atomic E-state index is -1.01. The summed E-state index contributed by atoms with van der Waals surface area (Å²) in [5.41, 5.74) is 3.84. The highest BCUT2D eigenvalue weighted by atomic mass is 16.5. The van der Waals surface area contributed by atoms with Crippen LogP contribution in [0, 0.1) is 5.92 Å². The summed E-state index contributed by atoms with van der Waals surface area (Å²) in [6.07, 6.45) is 0.911. The molecule has 3 aromatic rings. The molecule has 33 heavy (non-hydrogen) atoms. The van der Waals surface area contributed by atoms with Gasteiger partial charge in [0, 0.05) is 35.4 Å². The zero-order valence-electron chi connectivity index (χ0n) is 19.2. The lowest BCUT2D eigenvalue weighted by Gasteiger charge is -2.22. The van der Waals surface area contributed by atoms with Crippen molar-refractivity contribution < 1.29 is 19.4 Å². The maximum absolute atomic E-state index is 12.6. The van der Waals surface area contributed by atoms with Crippen LogP contribution >= 0.6 is 0 Å². The Hall–Kier alpha value is -3.61. The molecule has 0 bridgehead atoms. The number of fused-ring (bicyclic) bond motifs is 1. The van der Waals surface area contributed by atoms with E-state index in [0.29, 0.717) is 31.4 Å². The molecule has 1 unspecified atom stereocenters. The Kier molecular flexibility index (Phi) is 6.49. The van der Waals surface area contributed by atoms with Crippen LogP contribution < -0.4 is 9.64 Å². The van der Waals surface area contributed by atoms with E-state index in [-0.39, 0.29) is 6.03 Å². The van der Waals surface area contributed by atoms with Gasteiger partial charge in [-0.2, -0.15) is 0 Å². The number of carbonyl (C=O) groups excluding carboxylic acids is 1. The van der Waals surface area contributed by atoms with E-state index in [2.05, 4.69) is 26.0 Å². The lowest BCUT2D eigenvalue weighted by atomic mass is 10.0. The molecule has 4 rings (SSSR count). The van der Waals surface area contributed by atoms with Crippen LogP contribution in [0.5, 0.6) is 5.75 Å². The number of urea groups is 1. The number of nitrogens with zero attached hydrogens (tertiary/aromatic N) is 3. The number of para-hydroxylation sites is 1. The molecule has 0 spiro atoms. The van der Waals surface area contributed by atoms with E-state index >= 15 is 0 Å². The molecule has 2 aromatic carbocycles. The number of pyridine rings is 1. The second-order valence-corrected chi connectivity index (χ2v) is 8.81. The summed E-state index contributed by atoms with van der Waals surface area (Å²) in [5.74, 6) is 0.212. The Morgan fingerprint density at radius 2 is 1.82 bits per heavy atom. The van der Waals surface area contributed by atoms with E-state index in [9.17, 15) is 14.7 Å². The van der Waals surface area contributed by atoms with Crippen molar-refractivity contribution in [1.82, 2.24) is 9.88 Å². The average molecular weight is 448 g/mol. The normalized spacial score (nSPS) is 14.8. The van der Waals surface area contributed by atoms with Gasteiger partial charge in [-0.3, -0.25) is 9.88 Å². The number of ether oxygens (including phenoxy) is 1. The monoisotopic (exact) mass is 447 g/mol. The smallest absolute Gasteiger partial charge is 0.326 e. The highest BCUT2D eigenvalue weighted by Gasteiger charge is 2.35. The van der Waals surface area contributed by atoms with Gasteiger partial charge in [-0.15, -0.1) is 0 Å². The van der Waals surface area contributed by atoms with Gasteiger partial charge in [0.05, 0.1) is 5.52 Å². The number of carboxylic acid groups (broad SMARTS) is 1. The van der Waals surface area contributed by atoms with Gasteiger partial charge < -0.3 is 14.7 Å². The van der Waals surface area contributed by atoms with Crippen LogP contribution in [0.15, 0.2) is 54.6 Å². The predicted molar refractivity (Wildman–Crippen MR) is 128 cm³/mol. The molecule has 1 aromatic heterocycles. The van der Waals surface area contributed by atoms with Crippen LogP contribution in [-0.2, 0) is 17.8 Å². The third kappa shape index (κ3) is 4.92.